The topological polar surface area (TPSA) is 8.81 Å². The third-order valence-corrected chi connectivity index (χ3v) is 2.00. The van der Waals surface area contributed by atoms with Crippen LogP contribution in [0.1, 0.15) is 33.1 Å². The Hall–Kier alpha value is -0.500. The number of aromatic nitrogens is 2. The first-order valence-electron chi connectivity index (χ1n) is 4.91. The molecule has 76 valence electrons. The van der Waals surface area contributed by atoms with Gasteiger partial charge in [-0.3, -0.25) is 0 Å². The van der Waals surface area contributed by atoms with Gasteiger partial charge in [0.1, 0.15) is 12.4 Å². The molecule has 0 aliphatic rings. The summed E-state index contributed by atoms with van der Waals surface area (Å²) in [6, 6.07) is 0. The Morgan fingerprint density at radius 2 is 2.00 bits per heavy atom. The van der Waals surface area contributed by atoms with E-state index in [4.69, 9.17) is 0 Å². The van der Waals surface area contributed by atoms with E-state index in [1.165, 1.54) is 19.3 Å². The van der Waals surface area contributed by atoms with Gasteiger partial charge in [0, 0.05) is 0 Å². The van der Waals surface area contributed by atoms with Gasteiger partial charge < -0.3 is 12.4 Å². The van der Waals surface area contributed by atoms with Gasteiger partial charge >= 0.3 is 0 Å². The van der Waals surface area contributed by atoms with Crippen LogP contribution in [0, 0.1) is 0 Å². The van der Waals surface area contributed by atoms with Crippen molar-refractivity contribution >= 4 is 0 Å². The van der Waals surface area contributed by atoms with Crippen molar-refractivity contribution in [3.8, 4) is 0 Å². The molecule has 13 heavy (non-hydrogen) atoms. The van der Waals surface area contributed by atoms with Crippen LogP contribution in [0.25, 0.3) is 0 Å². The lowest BCUT2D eigenvalue weighted by Crippen LogP contribution is -3.00. The summed E-state index contributed by atoms with van der Waals surface area (Å²) in [6.45, 7) is 6.73. The minimum atomic E-state index is 0. The van der Waals surface area contributed by atoms with Crippen molar-refractivity contribution in [1.82, 2.24) is 4.57 Å². The summed E-state index contributed by atoms with van der Waals surface area (Å²) >= 11 is 0. The van der Waals surface area contributed by atoms with Crippen LogP contribution in [-0.4, -0.2) is 4.57 Å². The summed E-state index contributed by atoms with van der Waals surface area (Å²) in [5.41, 5.74) is 0. The number of hydrogen-bond donors (Lipinski definition) is 0. The second-order valence-corrected chi connectivity index (χ2v) is 3.24. The molecule has 2 nitrogen and oxygen atoms in total. The molecule has 0 radical (unpaired) electrons. The van der Waals surface area contributed by atoms with E-state index in [0.717, 1.165) is 13.1 Å². The monoisotopic (exact) mass is 202 g/mol. The summed E-state index contributed by atoms with van der Waals surface area (Å²) in [7, 11) is 0. The van der Waals surface area contributed by atoms with E-state index in [-0.39, 0.29) is 12.4 Å². The molecule has 0 atom stereocenters. The lowest BCUT2D eigenvalue weighted by atomic mass is 10.3. The molecular weight excluding hydrogens is 184 g/mol. The van der Waals surface area contributed by atoms with Crippen LogP contribution in [0.3, 0.4) is 0 Å². The summed E-state index contributed by atoms with van der Waals surface area (Å²) in [5, 5.41) is 0. The lowest BCUT2D eigenvalue weighted by Gasteiger charge is -1.92. The molecule has 1 heterocycles. The molecule has 0 spiro atoms. The van der Waals surface area contributed by atoms with E-state index in [0.29, 0.717) is 0 Å². The second-order valence-electron chi connectivity index (χ2n) is 3.24. The van der Waals surface area contributed by atoms with Gasteiger partial charge in [-0.05, 0) is 12.8 Å². The fourth-order valence-corrected chi connectivity index (χ4v) is 1.30. The van der Waals surface area contributed by atoms with Crippen molar-refractivity contribution in [3.63, 3.8) is 0 Å². The van der Waals surface area contributed by atoms with E-state index in [2.05, 4.69) is 41.7 Å². The minimum Gasteiger partial charge on any atom is -1.00 e. The van der Waals surface area contributed by atoms with Gasteiger partial charge in [-0.1, -0.05) is 20.3 Å². The standard InChI is InChI=1S/C10H19N2.ClH/c1-3-5-7-12-9-8-11(10-12)6-4-2;/h8-10H,3-7H2,1-2H3;1H/q+1;/p-1. The van der Waals surface area contributed by atoms with Gasteiger partial charge in [0.2, 0.25) is 6.33 Å². The minimum absolute atomic E-state index is 0. The highest BCUT2D eigenvalue weighted by Crippen LogP contribution is 1.92. The molecule has 1 aromatic heterocycles. The molecule has 0 N–H and O–H groups in total. The zero-order valence-corrected chi connectivity index (χ0v) is 9.30. The number of halogens is 1. The van der Waals surface area contributed by atoms with Crippen LogP contribution in [0.15, 0.2) is 18.7 Å². The number of hydrogen-bond acceptors (Lipinski definition) is 0. The van der Waals surface area contributed by atoms with Crippen molar-refractivity contribution in [3.05, 3.63) is 18.7 Å². The average molecular weight is 203 g/mol. The van der Waals surface area contributed by atoms with Gasteiger partial charge in [-0.25, -0.2) is 9.13 Å². The van der Waals surface area contributed by atoms with E-state index in [9.17, 15) is 0 Å². The van der Waals surface area contributed by atoms with Crippen molar-refractivity contribution in [2.24, 2.45) is 0 Å². The summed E-state index contributed by atoms with van der Waals surface area (Å²) in [4.78, 5) is 0. The summed E-state index contributed by atoms with van der Waals surface area (Å²) < 4.78 is 4.51. The Morgan fingerprint density at radius 3 is 2.62 bits per heavy atom. The highest BCUT2D eigenvalue weighted by molar-refractivity contribution is 4.65. The molecule has 0 amide bonds. The number of nitrogens with zero attached hydrogens (tertiary/aromatic N) is 2. The van der Waals surface area contributed by atoms with E-state index in [1.807, 2.05) is 0 Å². The molecule has 0 unspecified atom stereocenters. The molecule has 3 heteroatoms. The van der Waals surface area contributed by atoms with Crippen LogP contribution < -0.4 is 17.0 Å². The second kappa shape index (κ2) is 6.96. The summed E-state index contributed by atoms with van der Waals surface area (Å²) in [5.74, 6) is 0. The van der Waals surface area contributed by atoms with Crippen LogP contribution in [0.4, 0.5) is 0 Å². The van der Waals surface area contributed by atoms with Crippen molar-refractivity contribution in [2.75, 3.05) is 0 Å². The summed E-state index contributed by atoms with van der Waals surface area (Å²) in [6.07, 6.45) is 10.3. The normalized spacial score (nSPS) is 9.69. The lowest BCUT2D eigenvalue weighted by molar-refractivity contribution is -0.696. The quantitative estimate of drug-likeness (QED) is 0.542. The molecule has 1 aromatic rings. The molecule has 0 bridgehead atoms. The Balaban J connectivity index is 0.00000144. The first-order valence-corrected chi connectivity index (χ1v) is 4.91. The SMILES string of the molecule is CCCCn1cc[n+](CCC)c1.[Cl-]. The van der Waals surface area contributed by atoms with Gasteiger partial charge in [0.25, 0.3) is 0 Å². The fraction of sp³-hybridized carbons (Fsp3) is 0.700. The molecule has 1 rings (SSSR count). The molecular formula is C10H19ClN2. The maximum Gasteiger partial charge on any atom is 0.243 e. The smallest absolute Gasteiger partial charge is 0.243 e. The van der Waals surface area contributed by atoms with E-state index >= 15 is 0 Å². The maximum atomic E-state index is 2.26. The first-order chi connectivity index (χ1) is 5.86. The zero-order valence-electron chi connectivity index (χ0n) is 8.54. The molecule has 0 aliphatic heterocycles. The Morgan fingerprint density at radius 1 is 1.23 bits per heavy atom. The fourth-order valence-electron chi connectivity index (χ4n) is 1.30. The average Bonchev–Trinajstić information content (AvgIpc) is 2.50. The number of aryl methyl sites for hydroxylation is 2. The van der Waals surface area contributed by atoms with Crippen LogP contribution in [-0.2, 0) is 13.1 Å². The highest BCUT2D eigenvalue weighted by Gasteiger charge is 2.00. The largest absolute Gasteiger partial charge is 1.00 e. The van der Waals surface area contributed by atoms with Crippen molar-refractivity contribution < 1.29 is 17.0 Å². The molecule has 0 saturated carbocycles. The van der Waals surface area contributed by atoms with Crippen LogP contribution in [0.2, 0.25) is 0 Å². The van der Waals surface area contributed by atoms with Gasteiger partial charge in [-0.15, -0.1) is 0 Å². The molecule has 0 aliphatic carbocycles. The Labute approximate surface area is 87.0 Å². The van der Waals surface area contributed by atoms with Gasteiger partial charge in [0.05, 0.1) is 13.1 Å². The first kappa shape index (κ1) is 12.5. The number of imidazole rings is 1. The van der Waals surface area contributed by atoms with Crippen LogP contribution >= 0.6 is 0 Å². The predicted octanol–water partition coefficient (Wildman–Crippen LogP) is -1.01. The number of rotatable bonds is 5. The Kier molecular flexibility index (Phi) is 6.69. The third kappa shape index (κ3) is 4.32. The number of unbranched alkanes of at least 4 members (excludes halogenated alkanes) is 1. The van der Waals surface area contributed by atoms with Crippen LogP contribution in [0.5, 0.6) is 0 Å². The van der Waals surface area contributed by atoms with Crippen molar-refractivity contribution in [1.29, 1.82) is 0 Å². The van der Waals surface area contributed by atoms with E-state index < -0.39 is 0 Å². The van der Waals surface area contributed by atoms with Gasteiger partial charge in [0.15, 0.2) is 0 Å². The van der Waals surface area contributed by atoms with Crippen molar-refractivity contribution in [2.45, 2.75) is 46.2 Å². The highest BCUT2D eigenvalue weighted by atomic mass is 35.5. The molecule has 0 saturated heterocycles. The van der Waals surface area contributed by atoms with Gasteiger partial charge in [-0.2, -0.15) is 0 Å². The van der Waals surface area contributed by atoms with E-state index in [1.54, 1.807) is 0 Å². The Bertz CT molecular complexity index is 220. The third-order valence-electron chi connectivity index (χ3n) is 2.00. The maximum absolute atomic E-state index is 2.26. The molecule has 0 aromatic carbocycles. The molecule has 0 fully saturated rings. The zero-order chi connectivity index (χ0) is 8.81. The predicted molar refractivity (Wildman–Crippen MR) is 49.8 cm³/mol.